The van der Waals surface area contributed by atoms with Gasteiger partial charge in [-0.15, -0.1) is 0 Å². The van der Waals surface area contributed by atoms with Crippen LogP contribution in [-0.2, 0) is 17.6 Å². The van der Waals surface area contributed by atoms with Crippen molar-refractivity contribution in [2.24, 2.45) is 11.7 Å². The first-order chi connectivity index (χ1) is 11.7. The number of aromatic nitrogens is 2. The molecule has 4 rings (SSSR count). The van der Waals surface area contributed by atoms with Crippen LogP contribution in [0.3, 0.4) is 0 Å². The summed E-state index contributed by atoms with van der Waals surface area (Å²) in [7, 11) is 0. The molecule has 0 bridgehead atoms. The molecule has 2 N–H and O–H groups in total. The van der Waals surface area contributed by atoms with Crippen molar-refractivity contribution in [3.05, 3.63) is 41.6 Å². The molecule has 2 aliphatic rings. The summed E-state index contributed by atoms with van der Waals surface area (Å²) >= 11 is 0. The quantitative estimate of drug-likeness (QED) is 0.921. The average Bonchev–Trinajstić information content (AvgIpc) is 2.80. The Morgan fingerprint density at radius 2 is 1.88 bits per heavy atom. The van der Waals surface area contributed by atoms with Gasteiger partial charge in [0.25, 0.3) is 0 Å². The molecule has 0 atom stereocenters. The lowest BCUT2D eigenvalue weighted by Crippen LogP contribution is -2.39. The Bertz CT molecular complexity index is 766. The number of rotatable bonds is 2. The van der Waals surface area contributed by atoms with E-state index in [2.05, 4.69) is 34.1 Å². The molecule has 24 heavy (non-hydrogen) atoms. The van der Waals surface area contributed by atoms with Crippen LogP contribution >= 0.6 is 0 Å². The van der Waals surface area contributed by atoms with Crippen molar-refractivity contribution in [3.8, 4) is 11.3 Å². The summed E-state index contributed by atoms with van der Waals surface area (Å²) in [6, 6.07) is 8.54. The van der Waals surface area contributed by atoms with Crippen LogP contribution in [0.15, 0.2) is 30.5 Å². The Kier molecular flexibility index (Phi) is 3.92. The summed E-state index contributed by atoms with van der Waals surface area (Å²) < 4.78 is 0. The van der Waals surface area contributed by atoms with Crippen molar-refractivity contribution >= 4 is 11.9 Å². The summed E-state index contributed by atoms with van der Waals surface area (Å²) in [4.78, 5) is 23.0. The Hall–Kier alpha value is -2.43. The molecule has 1 aliphatic heterocycles. The van der Waals surface area contributed by atoms with E-state index in [1.54, 1.807) is 0 Å². The van der Waals surface area contributed by atoms with Gasteiger partial charge in [0.1, 0.15) is 0 Å². The van der Waals surface area contributed by atoms with Gasteiger partial charge >= 0.3 is 0 Å². The Balaban J connectivity index is 1.65. The molecule has 0 spiro atoms. The summed E-state index contributed by atoms with van der Waals surface area (Å²) in [5, 5.41) is 0. The van der Waals surface area contributed by atoms with E-state index in [0.717, 1.165) is 56.8 Å². The first kappa shape index (κ1) is 15.1. The van der Waals surface area contributed by atoms with Crippen LogP contribution in [-0.4, -0.2) is 29.0 Å². The summed E-state index contributed by atoms with van der Waals surface area (Å²) in [5.74, 6) is 0.572. The summed E-state index contributed by atoms with van der Waals surface area (Å²) in [6.45, 7) is 1.57. The smallest absolute Gasteiger partial charge is 0.225 e. The number of carbonyl (C=O) groups excluding carboxylic acids is 1. The van der Waals surface area contributed by atoms with Crippen molar-refractivity contribution in [1.29, 1.82) is 0 Å². The zero-order chi connectivity index (χ0) is 16.5. The highest BCUT2D eigenvalue weighted by Crippen LogP contribution is 2.32. The molecule has 1 saturated heterocycles. The molecule has 5 heteroatoms. The van der Waals surface area contributed by atoms with Gasteiger partial charge in [-0.2, -0.15) is 0 Å². The largest absolute Gasteiger partial charge is 0.369 e. The van der Waals surface area contributed by atoms with Crippen LogP contribution < -0.4 is 10.6 Å². The lowest BCUT2D eigenvalue weighted by molar-refractivity contribution is -0.122. The number of anilines is 1. The van der Waals surface area contributed by atoms with Gasteiger partial charge in [-0.25, -0.2) is 9.97 Å². The van der Waals surface area contributed by atoms with E-state index in [1.165, 1.54) is 16.7 Å². The predicted octanol–water partition coefficient (Wildman–Crippen LogP) is 2.33. The monoisotopic (exact) mass is 322 g/mol. The van der Waals surface area contributed by atoms with Gasteiger partial charge in [-0.05, 0) is 43.2 Å². The number of benzene rings is 1. The molecule has 1 aliphatic carbocycles. The zero-order valence-corrected chi connectivity index (χ0v) is 13.7. The highest BCUT2D eigenvalue weighted by molar-refractivity contribution is 5.77. The third kappa shape index (κ3) is 2.75. The molecule has 124 valence electrons. The highest BCUT2D eigenvalue weighted by atomic mass is 16.1. The Morgan fingerprint density at radius 3 is 2.67 bits per heavy atom. The number of amides is 1. The SMILES string of the molecule is NC(=O)C1CCN(c2ncc3c(n2)-c2ccccc2CCC3)CC1. The number of fused-ring (bicyclic) bond motifs is 3. The molecule has 1 aromatic carbocycles. The second-order valence-corrected chi connectivity index (χ2v) is 6.72. The van der Waals surface area contributed by atoms with Crippen LogP contribution in [0.5, 0.6) is 0 Å². The third-order valence-electron chi connectivity index (χ3n) is 5.20. The van der Waals surface area contributed by atoms with E-state index in [1.807, 2.05) is 6.20 Å². The van der Waals surface area contributed by atoms with Gasteiger partial charge in [-0.3, -0.25) is 4.79 Å². The second kappa shape index (κ2) is 6.23. The van der Waals surface area contributed by atoms with Gasteiger partial charge in [0.2, 0.25) is 11.9 Å². The number of hydrogen-bond acceptors (Lipinski definition) is 4. The minimum absolute atomic E-state index is 0.0113. The maximum absolute atomic E-state index is 11.3. The maximum atomic E-state index is 11.3. The van der Waals surface area contributed by atoms with Crippen LogP contribution in [0, 0.1) is 5.92 Å². The molecule has 0 saturated carbocycles. The molecule has 5 nitrogen and oxygen atoms in total. The average molecular weight is 322 g/mol. The molecule has 2 heterocycles. The fourth-order valence-electron chi connectivity index (χ4n) is 3.77. The number of nitrogens with zero attached hydrogens (tertiary/aromatic N) is 3. The lowest BCUT2D eigenvalue weighted by Gasteiger charge is -2.30. The van der Waals surface area contributed by atoms with E-state index < -0.39 is 0 Å². The number of carbonyl (C=O) groups is 1. The van der Waals surface area contributed by atoms with Crippen LogP contribution in [0.2, 0.25) is 0 Å². The van der Waals surface area contributed by atoms with E-state index in [-0.39, 0.29) is 11.8 Å². The van der Waals surface area contributed by atoms with Crippen molar-refractivity contribution in [2.75, 3.05) is 18.0 Å². The number of aryl methyl sites for hydroxylation is 2. The topological polar surface area (TPSA) is 72.1 Å². The van der Waals surface area contributed by atoms with Gasteiger partial charge < -0.3 is 10.6 Å². The number of primary amides is 1. The molecule has 2 aromatic rings. The maximum Gasteiger partial charge on any atom is 0.225 e. The van der Waals surface area contributed by atoms with Crippen LogP contribution in [0.25, 0.3) is 11.3 Å². The van der Waals surface area contributed by atoms with Crippen LogP contribution in [0.4, 0.5) is 5.95 Å². The van der Waals surface area contributed by atoms with E-state index in [4.69, 9.17) is 10.7 Å². The van der Waals surface area contributed by atoms with Gasteiger partial charge in [0, 0.05) is 30.8 Å². The molecular formula is C19H22N4O. The Morgan fingerprint density at radius 1 is 1.12 bits per heavy atom. The van der Waals surface area contributed by atoms with Crippen LogP contribution in [0.1, 0.15) is 30.4 Å². The molecular weight excluding hydrogens is 300 g/mol. The normalized spacial score (nSPS) is 17.8. The van der Waals surface area contributed by atoms with Gasteiger partial charge in [0.05, 0.1) is 5.69 Å². The first-order valence-electron chi connectivity index (χ1n) is 8.71. The van der Waals surface area contributed by atoms with Crippen molar-refractivity contribution in [1.82, 2.24) is 9.97 Å². The number of nitrogens with two attached hydrogens (primary N) is 1. The molecule has 1 aromatic heterocycles. The van der Waals surface area contributed by atoms with Gasteiger partial charge in [0.15, 0.2) is 0 Å². The third-order valence-corrected chi connectivity index (χ3v) is 5.20. The predicted molar refractivity (Wildman–Crippen MR) is 93.6 cm³/mol. The number of piperidine rings is 1. The molecule has 0 radical (unpaired) electrons. The highest BCUT2D eigenvalue weighted by Gasteiger charge is 2.25. The van der Waals surface area contributed by atoms with E-state index >= 15 is 0 Å². The molecule has 1 amide bonds. The minimum atomic E-state index is -0.188. The fourth-order valence-corrected chi connectivity index (χ4v) is 3.77. The Labute approximate surface area is 141 Å². The van der Waals surface area contributed by atoms with Crippen molar-refractivity contribution in [2.45, 2.75) is 32.1 Å². The van der Waals surface area contributed by atoms with E-state index in [0.29, 0.717) is 0 Å². The van der Waals surface area contributed by atoms with Crippen molar-refractivity contribution in [3.63, 3.8) is 0 Å². The second-order valence-electron chi connectivity index (χ2n) is 6.72. The zero-order valence-electron chi connectivity index (χ0n) is 13.7. The van der Waals surface area contributed by atoms with Crippen molar-refractivity contribution < 1.29 is 4.79 Å². The summed E-state index contributed by atoms with van der Waals surface area (Å²) in [5.41, 5.74) is 10.3. The molecule has 1 fully saturated rings. The number of hydrogen-bond donors (Lipinski definition) is 1. The van der Waals surface area contributed by atoms with E-state index in [9.17, 15) is 4.79 Å². The molecule has 0 unspecified atom stereocenters. The lowest BCUT2D eigenvalue weighted by atomic mass is 9.96. The summed E-state index contributed by atoms with van der Waals surface area (Å²) in [6.07, 6.45) is 6.80. The first-order valence-corrected chi connectivity index (χ1v) is 8.71. The fraction of sp³-hybridized carbons (Fsp3) is 0.421. The standard InChI is InChI=1S/C19H22N4O/c20-18(24)14-8-10-23(11-9-14)19-21-12-15-6-3-5-13-4-1-2-7-16(13)17(15)22-19/h1-2,4,7,12,14H,3,5-6,8-11H2,(H2,20,24). The minimum Gasteiger partial charge on any atom is -0.369 e. The van der Waals surface area contributed by atoms with Gasteiger partial charge in [-0.1, -0.05) is 24.3 Å².